The number of rotatable bonds is 4. The second-order valence-electron chi connectivity index (χ2n) is 5.27. The average molecular weight is 336 g/mol. The van der Waals surface area contributed by atoms with Gasteiger partial charge in [-0.1, -0.05) is 30.3 Å². The smallest absolute Gasteiger partial charge is 0.292 e. The van der Waals surface area contributed by atoms with Crippen molar-refractivity contribution >= 4 is 22.9 Å². The predicted molar refractivity (Wildman–Crippen MR) is 94.8 cm³/mol. The first-order valence-electron chi connectivity index (χ1n) is 7.73. The van der Waals surface area contributed by atoms with E-state index in [9.17, 15) is 14.7 Å². The van der Waals surface area contributed by atoms with Crippen LogP contribution in [0, 0.1) is 0 Å². The number of para-hydroxylation sites is 1. The zero-order chi connectivity index (χ0) is 17.8. The molecule has 1 aromatic heterocycles. The molecule has 7 nitrogen and oxygen atoms in total. The van der Waals surface area contributed by atoms with Crippen LogP contribution in [0.4, 0.5) is 0 Å². The third-order valence-corrected chi connectivity index (χ3v) is 3.69. The van der Waals surface area contributed by atoms with Gasteiger partial charge in [-0.15, -0.1) is 0 Å². The molecule has 0 saturated carbocycles. The topological polar surface area (TPSA) is 96.6 Å². The predicted octanol–water partition coefficient (Wildman–Crippen LogP) is 1.89. The van der Waals surface area contributed by atoms with Crippen LogP contribution in [0.3, 0.4) is 0 Å². The second-order valence-corrected chi connectivity index (χ2v) is 5.27. The molecule has 7 heteroatoms. The van der Waals surface area contributed by atoms with E-state index in [2.05, 4.69) is 15.6 Å². The minimum atomic E-state index is -0.537. The first kappa shape index (κ1) is 16.4. The summed E-state index contributed by atoms with van der Waals surface area (Å²) < 4.78 is 1.24. The normalized spacial score (nSPS) is 11.1. The summed E-state index contributed by atoms with van der Waals surface area (Å²) in [6.45, 7) is 2.13. The maximum atomic E-state index is 12.4. The molecule has 1 amide bonds. The van der Waals surface area contributed by atoms with Gasteiger partial charge in [0.1, 0.15) is 5.75 Å². The Kier molecular flexibility index (Phi) is 4.56. The highest BCUT2D eigenvalue weighted by molar-refractivity contribution is 6.05. The number of aromatic nitrogens is 2. The molecule has 25 heavy (non-hydrogen) atoms. The number of aromatic hydroxyl groups is 1. The number of carbonyl (C=O) groups excluding carboxylic acids is 1. The van der Waals surface area contributed by atoms with E-state index in [1.165, 1.54) is 17.0 Å². The van der Waals surface area contributed by atoms with Gasteiger partial charge in [0, 0.05) is 17.5 Å². The van der Waals surface area contributed by atoms with Gasteiger partial charge in [0.05, 0.1) is 11.6 Å². The summed E-state index contributed by atoms with van der Waals surface area (Å²) in [5.74, 6) is -0.478. The zero-order valence-electron chi connectivity index (χ0n) is 13.5. The van der Waals surface area contributed by atoms with Crippen LogP contribution in [0.15, 0.2) is 58.4 Å². The van der Waals surface area contributed by atoms with Gasteiger partial charge in [0.15, 0.2) is 5.69 Å². The highest BCUT2D eigenvalue weighted by atomic mass is 16.3. The maximum absolute atomic E-state index is 12.4. The lowest BCUT2D eigenvalue weighted by molar-refractivity contribution is 0.0949. The van der Waals surface area contributed by atoms with Crippen LogP contribution in [-0.2, 0) is 6.54 Å². The maximum Gasteiger partial charge on any atom is 0.292 e. The van der Waals surface area contributed by atoms with Gasteiger partial charge in [0.2, 0.25) is 0 Å². The molecule has 0 spiro atoms. The number of hydrogen-bond acceptors (Lipinski definition) is 5. The Labute approximate surface area is 143 Å². The Morgan fingerprint density at radius 2 is 1.88 bits per heavy atom. The summed E-state index contributed by atoms with van der Waals surface area (Å²) in [4.78, 5) is 24.7. The van der Waals surface area contributed by atoms with E-state index < -0.39 is 5.91 Å². The van der Waals surface area contributed by atoms with Crippen molar-refractivity contribution in [2.24, 2.45) is 5.10 Å². The van der Waals surface area contributed by atoms with Crippen LogP contribution < -0.4 is 11.0 Å². The molecule has 0 fully saturated rings. The average Bonchev–Trinajstić information content (AvgIpc) is 2.64. The van der Waals surface area contributed by atoms with Gasteiger partial charge in [-0.3, -0.25) is 9.59 Å². The molecule has 0 radical (unpaired) electrons. The monoisotopic (exact) mass is 336 g/mol. The number of phenolic OH excluding ortho intramolecular Hbond substituents is 1. The van der Waals surface area contributed by atoms with E-state index in [0.717, 1.165) is 0 Å². The lowest BCUT2D eigenvalue weighted by Crippen LogP contribution is -2.28. The van der Waals surface area contributed by atoms with Gasteiger partial charge < -0.3 is 5.11 Å². The van der Waals surface area contributed by atoms with Gasteiger partial charge in [-0.25, -0.2) is 10.1 Å². The third kappa shape index (κ3) is 3.25. The molecule has 0 bridgehead atoms. The SMILES string of the molecule is CCn1nc(C(=O)N/N=C/c2ccccc2O)c2ccccc2c1=O. The van der Waals surface area contributed by atoms with Crippen LogP contribution >= 0.6 is 0 Å². The Morgan fingerprint density at radius 1 is 1.20 bits per heavy atom. The molecule has 0 aliphatic carbocycles. The first-order valence-corrected chi connectivity index (χ1v) is 7.73. The number of carbonyl (C=O) groups is 1. The van der Waals surface area contributed by atoms with Gasteiger partial charge >= 0.3 is 0 Å². The van der Waals surface area contributed by atoms with E-state index in [1.807, 2.05) is 0 Å². The van der Waals surface area contributed by atoms with Crippen molar-refractivity contribution < 1.29 is 9.90 Å². The lowest BCUT2D eigenvalue weighted by Gasteiger charge is -2.08. The number of fused-ring (bicyclic) bond motifs is 1. The molecule has 126 valence electrons. The molecule has 2 N–H and O–H groups in total. The fourth-order valence-electron chi connectivity index (χ4n) is 2.43. The number of amides is 1. The van der Waals surface area contributed by atoms with Gasteiger partial charge in [-0.2, -0.15) is 10.2 Å². The minimum Gasteiger partial charge on any atom is -0.507 e. The Hall–Kier alpha value is -3.48. The quantitative estimate of drug-likeness (QED) is 0.561. The van der Waals surface area contributed by atoms with E-state index in [4.69, 9.17) is 0 Å². The molecular weight excluding hydrogens is 320 g/mol. The number of nitrogens with one attached hydrogen (secondary N) is 1. The molecule has 0 unspecified atom stereocenters. The van der Waals surface area contributed by atoms with E-state index in [0.29, 0.717) is 22.9 Å². The molecular formula is C18H16N4O3. The summed E-state index contributed by atoms with van der Waals surface area (Å²) in [6.07, 6.45) is 1.34. The fraction of sp³-hybridized carbons (Fsp3) is 0.111. The van der Waals surface area contributed by atoms with Crippen molar-refractivity contribution in [2.75, 3.05) is 0 Å². The molecule has 2 aromatic carbocycles. The van der Waals surface area contributed by atoms with Crippen molar-refractivity contribution in [3.8, 4) is 5.75 Å². The highest BCUT2D eigenvalue weighted by Gasteiger charge is 2.15. The van der Waals surface area contributed by atoms with Gasteiger partial charge in [0.25, 0.3) is 11.5 Å². The number of nitrogens with zero attached hydrogens (tertiary/aromatic N) is 3. The minimum absolute atomic E-state index is 0.0589. The van der Waals surface area contributed by atoms with E-state index >= 15 is 0 Å². The number of aryl methyl sites for hydroxylation is 1. The lowest BCUT2D eigenvalue weighted by atomic mass is 10.1. The Bertz CT molecular complexity index is 1020. The summed E-state index contributed by atoms with van der Waals surface area (Å²) >= 11 is 0. The summed E-state index contributed by atoms with van der Waals surface area (Å²) in [6, 6.07) is 13.4. The molecule has 0 saturated heterocycles. The third-order valence-electron chi connectivity index (χ3n) is 3.69. The molecule has 0 aliphatic rings. The fourth-order valence-corrected chi connectivity index (χ4v) is 2.43. The highest BCUT2D eigenvalue weighted by Crippen LogP contribution is 2.14. The van der Waals surface area contributed by atoms with Crippen molar-refractivity contribution in [1.82, 2.24) is 15.2 Å². The molecule has 1 heterocycles. The van der Waals surface area contributed by atoms with Crippen molar-refractivity contribution in [1.29, 1.82) is 0 Å². The number of hydrazone groups is 1. The summed E-state index contributed by atoms with van der Waals surface area (Å²) in [7, 11) is 0. The molecule has 3 aromatic rings. The number of benzene rings is 2. The largest absolute Gasteiger partial charge is 0.507 e. The Balaban J connectivity index is 1.94. The van der Waals surface area contributed by atoms with E-state index in [-0.39, 0.29) is 17.0 Å². The summed E-state index contributed by atoms with van der Waals surface area (Å²) in [5.41, 5.74) is 2.72. The van der Waals surface area contributed by atoms with Crippen molar-refractivity contribution in [3.63, 3.8) is 0 Å². The number of phenols is 1. The molecule has 0 aliphatic heterocycles. The van der Waals surface area contributed by atoms with Crippen molar-refractivity contribution in [3.05, 3.63) is 70.1 Å². The van der Waals surface area contributed by atoms with Crippen molar-refractivity contribution in [2.45, 2.75) is 13.5 Å². The molecule has 3 rings (SSSR count). The van der Waals surface area contributed by atoms with Crippen LogP contribution in [0.2, 0.25) is 0 Å². The van der Waals surface area contributed by atoms with Crippen LogP contribution in [0.1, 0.15) is 23.0 Å². The van der Waals surface area contributed by atoms with E-state index in [1.54, 1.807) is 49.4 Å². The van der Waals surface area contributed by atoms with Crippen LogP contribution in [0.25, 0.3) is 10.8 Å². The van der Waals surface area contributed by atoms with Gasteiger partial charge in [-0.05, 0) is 25.1 Å². The summed E-state index contributed by atoms with van der Waals surface area (Å²) in [5, 5.41) is 18.6. The first-order chi connectivity index (χ1) is 12.1. The number of hydrogen-bond donors (Lipinski definition) is 2. The van der Waals surface area contributed by atoms with Crippen LogP contribution in [-0.4, -0.2) is 27.0 Å². The molecule has 0 atom stereocenters. The zero-order valence-corrected chi connectivity index (χ0v) is 13.5. The van der Waals surface area contributed by atoms with Crippen LogP contribution in [0.5, 0.6) is 5.75 Å². The second kappa shape index (κ2) is 6.96. The standard InChI is InChI=1S/C18H16N4O3/c1-2-22-18(25)14-9-5-4-8-13(14)16(21-22)17(24)20-19-11-12-7-3-6-10-15(12)23/h3-11,23H,2H2,1H3,(H,20,24)/b19-11+. The Morgan fingerprint density at radius 3 is 2.60 bits per heavy atom.